The molecular weight excluding hydrogens is 290 g/mol. The molecule has 4 aromatic carbocycles. The number of benzene rings is 4. The maximum atomic E-state index is 2.34. The van der Waals surface area contributed by atoms with Crippen LogP contribution in [-0.4, -0.2) is 14.1 Å². The highest BCUT2D eigenvalue weighted by atomic mass is 15.1. The van der Waals surface area contributed by atoms with Crippen molar-refractivity contribution in [1.29, 1.82) is 0 Å². The number of hydrogen-bond acceptors (Lipinski definition) is 1. The Bertz CT molecular complexity index is 997. The van der Waals surface area contributed by atoms with Gasteiger partial charge in [-0.15, -0.1) is 0 Å². The zero-order chi connectivity index (χ0) is 16.5. The topological polar surface area (TPSA) is 3.24 Å². The first-order chi connectivity index (χ1) is 11.7. The second-order valence-corrected chi connectivity index (χ2v) is 6.54. The molecule has 0 saturated carbocycles. The molecule has 0 atom stereocenters. The van der Waals surface area contributed by atoms with Gasteiger partial charge in [0, 0.05) is 19.8 Å². The SMILES string of the molecule is CN(C)c1ccc(Cc2cc3ccccc3c3ccccc23)cc1. The van der Waals surface area contributed by atoms with Crippen molar-refractivity contribution in [2.45, 2.75) is 6.42 Å². The number of rotatable bonds is 3. The molecule has 0 amide bonds. The molecule has 4 rings (SSSR count). The van der Waals surface area contributed by atoms with E-state index in [1.54, 1.807) is 0 Å². The average molecular weight is 311 g/mol. The lowest BCUT2D eigenvalue weighted by Crippen LogP contribution is -2.08. The molecule has 0 saturated heterocycles. The molecule has 0 heterocycles. The minimum absolute atomic E-state index is 0.957. The Kier molecular flexibility index (Phi) is 3.70. The fourth-order valence-corrected chi connectivity index (χ4v) is 3.41. The van der Waals surface area contributed by atoms with Gasteiger partial charge in [0.05, 0.1) is 0 Å². The Morgan fingerprint density at radius 2 is 1.29 bits per heavy atom. The van der Waals surface area contributed by atoms with Crippen LogP contribution in [0.2, 0.25) is 0 Å². The monoisotopic (exact) mass is 311 g/mol. The highest BCUT2D eigenvalue weighted by molar-refractivity contribution is 6.09. The van der Waals surface area contributed by atoms with Gasteiger partial charge in [-0.2, -0.15) is 0 Å². The Labute approximate surface area is 143 Å². The van der Waals surface area contributed by atoms with Crippen LogP contribution in [0.15, 0.2) is 78.9 Å². The summed E-state index contributed by atoms with van der Waals surface area (Å²) in [5.74, 6) is 0. The van der Waals surface area contributed by atoms with E-state index < -0.39 is 0 Å². The Hall–Kier alpha value is -2.80. The van der Waals surface area contributed by atoms with Crippen LogP contribution in [0.5, 0.6) is 0 Å². The maximum absolute atomic E-state index is 2.34. The first-order valence-corrected chi connectivity index (χ1v) is 8.38. The van der Waals surface area contributed by atoms with Gasteiger partial charge >= 0.3 is 0 Å². The quantitative estimate of drug-likeness (QED) is 0.442. The number of fused-ring (bicyclic) bond motifs is 3. The summed E-state index contributed by atoms with van der Waals surface area (Å²) in [6.45, 7) is 0. The summed E-state index contributed by atoms with van der Waals surface area (Å²) in [7, 11) is 4.15. The van der Waals surface area contributed by atoms with Crippen LogP contribution in [-0.2, 0) is 6.42 Å². The number of nitrogens with zero attached hydrogens (tertiary/aromatic N) is 1. The molecule has 0 aliphatic rings. The molecule has 4 aromatic rings. The maximum Gasteiger partial charge on any atom is 0.0361 e. The largest absolute Gasteiger partial charge is 0.378 e. The first-order valence-electron chi connectivity index (χ1n) is 8.38. The van der Waals surface area contributed by atoms with E-state index in [2.05, 4.69) is 97.9 Å². The fraction of sp³-hybridized carbons (Fsp3) is 0.130. The van der Waals surface area contributed by atoms with E-state index in [1.807, 2.05) is 0 Å². The molecule has 0 N–H and O–H groups in total. The van der Waals surface area contributed by atoms with Crippen molar-refractivity contribution in [2.75, 3.05) is 19.0 Å². The Morgan fingerprint density at radius 1 is 0.667 bits per heavy atom. The Balaban J connectivity index is 1.83. The van der Waals surface area contributed by atoms with Crippen LogP contribution < -0.4 is 4.90 Å². The lowest BCUT2D eigenvalue weighted by Gasteiger charge is -2.14. The lowest BCUT2D eigenvalue weighted by molar-refractivity contribution is 1.12. The van der Waals surface area contributed by atoms with E-state index in [4.69, 9.17) is 0 Å². The predicted octanol–water partition coefficient (Wildman–Crippen LogP) is 5.65. The van der Waals surface area contributed by atoms with E-state index in [0.717, 1.165) is 6.42 Å². The summed E-state index contributed by atoms with van der Waals surface area (Å²) in [6, 6.07) is 28.6. The normalized spacial score (nSPS) is 11.1. The van der Waals surface area contributed by atoms with Crippen LogP contribution >= 0.6 is 0 Å². The van der Waals surface area contributed by atoms with E-state index in [9.17, 15) is 0 Å². The van der Waals surface area contributed by atoms with Crippen LogP contribution in [0.3, 0.4) is 0 Å². The van der Waals surface area contributed by atoms with Crippen molar-refractivity contribution < 1.29 is 0 Å². The minimum atomic E-state index is 0.957. The van der Waals surface area contributed by atoms with Crippen molar-refractivity contribution in [1.82, 2.24) is 0 Å². The molecule has 118 valence electrons. The highest BCUT2D eigenvalue weighted by Gasteiger charge is 2.07. The molecule has 0 aliphatic heterocycles. The first kappa shape index (κ1) is 14.8. The molecule has 1 nitrogen and oxygen atoms in total. The van der Waals surface area contributed by atoms with Crippen molar-refractivity contribution in [3.63, 3.8) is 0 Å². The summed E-state index contributed by atoms with van der Waals surface area (Å²) in [5, 5.41) is 5.35. The molecular formula is C23H21N. The standard InChI is InChI=1S/C23H21N/c1-24(2)20-13-11-17(12-14-20)15-19-16-18-7-3-4-8-21(18)23-10-6-5-9-22(19)23/h3-14,16H,15H2,1-2H3. The van der Waals surface area contributed by atoms with Gasteiger partial charge in [-0.05, 0) is 51.2 Å². The molecule has 0 aliphatic carbocycles. The summed E-state index contributed by atoms with van der Waals surface area (Å²) in [4.78, 5) is 2.13. The zero-order valence-corrected chi connectivity index (χ0v) is 14.2. The predicted molar refractivity (Wildman–Crippen MR) is 105 cm³/mol. The molecule has 0 spiro atoms. The van der Waals surface area contributed by atoms with Crippen LogP contribution in [0.25, 0.3) is 21.5 Å². The third kappa shape index (κ3) is 2.63. The molecule has 24 heavy (non-hydrogen) atoms. The van der Waals surface area contributed by atoms with Crippen LogP contribution in [0.4, 0.5) is 5.69 Å². The molecule has 0 fully saturated rings. The van der Waals surface area contributed by atoms with Gasteiger partial charge in [0.25, 0.3) is 0 Å². The van der Waals surface area contributed by atoms with E-state index in [0.29, 0.717) is 0 Å². The van der Waals surface area contributed by atoms with Crippen LogP contribution in [0.1, 0.15) is 11.1 Å². The van der Waals surface area contributed by atoms with Crippen molar-refractivity contribution in [2.24, 2.45) is 0 Å². The number of anilines is 1. The van der Waals surface area contributed by atoms with E-state index >= 15 is 0 Å². The lowest BCUT2D eigenvalue weighted by atomic mass is 9.93. The number of hydrogen-bond donors (Lipinski definition) is 0. The Morgan fingerprint density at radius 3 is 2.00 bits per heavy atom. The summed E-state index contributed by atoms with van der Waals surface area (Å²) >= 11 is 0. The average Bonchev–Trinajstić information content (AvgIpc) is 2.62. The van der Waals surface area contributed by atoms with Crippen LogP contribution in [0, 0.1) is 0 Å². The van der Waals surface area contributed by atoms with Gasteiger partial charge in [0.2, 0.25) is 0 Å². The van der Waals surface area contributed by atoms with Crippen molar-refractivity contribution in [3.05, 3.63) is 90.0 Å². The van der Waals surface area contributed by atoms with Crippen molar-refractivity contribution >= 4 is 27.2 Å². The molecule has 0 aromatic heterocycles. The van der Waals surface area contributed by atoms with E-state index in [1.165, 1.54) is 38.4 Å². The van der Waals surface area contributed by atoms with Gasteiger partial charge < -0.3 is 4.90 Å². The molecule has 0 radical (unpaired) electrons. The summed E-state index contributed by atoms with van der Waals surface area (Å²) in [6.07, 6.45) is 0.957. The third-order valence-corrected chi connectivity index (χ3v) is 4.70. The second-order valence-electron chi connectivity index (χ2n) is 6.54. The molecule has 0 unspecified atom stereocenters. The van der Waals surface area contributed by atoms with Gasteiger partial charge in [0.15, 0.2) is 0 Å². The molecule has 0 bridgehead atoms. The summed E-state index contributed by atoms with van der Waals surface area (Å²) < 4.78 is 0. The van der Waals surface area contributed by atoms with Gasteiger partial charge in [-0.3, -0.25) is 0 Å². The third-order valence-electron chi connectivity index (χ3n) is 4.70. The smallest absolute Gasteiger partial charge is 0.0361 e. The summed E-state index contributed by atoms with van der Waals surface area (Å²) in [5.41, 5.74) is 3.98. The highest BCUT2D eigenvalue weighted by Crippen LogP contribution is 2.30. The van der Waals surface area contributed by atoms with Crippen molar-refractivity contribution in [3.8, 4) is 0 Å². The van der Waals surface area contributed by atoms with E-state index in [-0.39, 0.29) is 0 Å². The second kappa shape index (κ2) is 6.01. The van der Waals surface area contributed by atoms with Gasteiger partial charge in [0.1, 0.15) is 0 Å². The molecule has 1 heteroatoms. The van der Waals surface area contributed by atoms with Gasteiger partial charge in [-0.25, -0.2) is 0 Å². The fourth-order valence-electron chi connectivity index (χ4n) is 3.41. The van der Waals surface area contributed by atoms with Gasteiger partial charge in [-0.1, -0.05) is 66.7 Å². The zero-order valence-electron chi connectivity index (χ0n) is 14.2. The minimum Gasteiger partial charge on any atom is -0.378 e.